The molecule has 4 aromatic rings. The second-order valence-corrected chi connectivity index (χ2v) is 7.30. The monoisotopic (exact) mass is 435 g/mol. The molecule has 0 fully saturated rings. The van der Waals surface area contributed by atoms with Crippen molar-refractivity contribution >= 4 is 46.2 Å². The normalized spacial score (nSPS) is 11.1. The van der Waals surface area contributed by atoms with Crippen LogP contribution in [0.2, 0.25) is 10.0 Å². The van der Waals surface area contributed by atoms with Crippen molar-refractivity contribution in [2.75, 3.05) is 0 Å². The number of fused-ring (bicyclic) bond motifs is 1. The van der Waals surface area contributed by atoms with Gasteiger partial charge in [0.05, 0.1) is 28.0 Å². The van der Waals surface area contributed by atoms with Crippen LogP contribution in [0.1, 0.15) is 15.9 Å². The quantitative estimate of drug-likeness (QED) is 0.319. The summed E-state index contributed by atoms with van der Waals surface area (Å²) < 4.78 is 0. The summed E-state index contributed by atoms with van der Waals surface area (Å²) in [5, 5.41) is 15.4. The van der Waals surface area contributed by atoms with Crippen LogP contribution in [0.15, 0.2) is 77.9 Å². The molecule has 2 N–H and O–H groups in total. The zero-order valence-electron chi connectivity index (χ0n) is 15.5. The fourth-order valence-corrected chi connectivity index (χ4v) is 3.52. The Hall–Kier alpha value is -3.41. The molecule has 0 bridgehead atoms. The molecule has 0 saturated heterocycles. The van der Waals surface area contributed by atoms with Gasteiger partial charge in [0.1, 0.15) is 5.75 Å². The largest absolute Gasteiger partial charge is 0.507 e. The van der Waals surface area contributed by atoms with Gasteiger partial charge in [0.15, 0.2) is 0 Å². The molecule has 5 nitrogen and oxygen atoms in total. The number of carbonyl (C=O) groups excluding carboxylic acids is 1. The summed E-state index contributed by atoms with van der Waals surface area (Å²) in [6.07, 6.45) is 1.38. The number of hydrogen-bond donors (Lipinski definition) is 2. The second-order valence-electron chi connectivity index (χ2n) is 6.45. The smallest absolute Gasteiger partial charge is 0.272 e. The van der Waals surface area contributed by atoms with Crippen LogP contribution in [-0.2, 0) is 0 Å². The summed E-state index contributed by atoms with van der Waals surface area (Å²) in [6.45, 7) is 0. The first kappa shape index (κ1) is 19.9. The Morgan fingerprint density at radius 1 is 1.00 bits per heavy atom. The zero-order valence-corrected chi connectivity index (χ0v) is 17.0. The van der Waals surface area contributed by atoms with Crippen molar-refractivity contribution in [3.63, 3.8) is 0 Å². The van der Waals surface area contributed by atoms with Gasteiger partial charge in [-0.3, -0.25) is 4.79 Å². The molecule has 0 aliphatic rings. The average molecular weight is 436 g/mol. The van der Waals surface area contributed by atoms with Crippen LogP contribution in [0, 0.1) is 0 Å². The Morgan fingerprint density at radius 2 is 1.77 bits per heavy atom. The lowest BCUT2D eigenvalue weighted by Gasteiger charge is -2.10. The fourth-order valence-electron chi connectivity index (χ4n) is 3.02. The van der Waals surface area contributed by atoms with Crippen LogP contribution in [0.4, 0.5) is 0 Å². The van der Waals surface area contributed by atoms with Gasteiger partial charge < -0.3 is 5.11 Å². The number of carbonyl (C=O) groups is 1. The van der Waals surface area contributed by atoms with Gasteiger partial charge in [0.2, 0.25) is 0 Å². The van der Waals surface area contributed by atoms with E-state index in [0.717, 1.165) is 0 Å². The van der Waals surface area contributed by atoms with Gasteiger partial charge in [0, 0.05) is 21.5 Å². The van der Waals surface area contributed by atoms with Crippen molar-refractivity contribution in [2.45, 2.75) is 0 Å². The van der Waals surface area contributed by atoms with E-state index in [0.29, 0.717) is 43.3 Å². The van der Waals surface area contributed by atoms with E-state index in [2.05, 4.69) is 15.5 Å². The molecule has 0 unspecified atom stereocenters. The molecule has 0 aliphatic carbocycles. The molecule has 0 atom stereocenters. The molecular formula is C23H15Cl2N3O2. The summed E-state index contributed by atoms with van der Waals surface area (Å²) in [4.78, 5) is 17.5. The third kappa shape index (κ3) is 4.13. The number of rotatable bonds is 4. The van der Waals surface area contributed by atoms with Crippen LogP contribution < -0.4 is 5.43 Å². The molecule has 1 amide bonds. The standard InChI is InChI=1S/C23H15Cl2N3O2/c24-15-9-10-17(19(25)11-15)21-12-18(16-6-2-3-7-20(16)27-21)23(30)28-26-13-14-5-1-4-8-22(14)29/h1-13,29H,(H,28,30). The molecule has 7 heteroatoms. The summed E-state index contributed by atoms with van der Waals surface area (Å²) in [6, 6.07) is 20.8. The van der Waals surface area contributed by atoms with Gasteiger partial charge in [-0.2, -0.15) is 5.10 Å². The molecule has 1 aromatic heterocycles. The lowest BCUT2D eigenvalue weighted by Crippen LogP contribution is -2.18. The summed E-state index contributed by atoms with van der Waals surface area (Å²) in [7, 11) is 0. The lowest BCUT2D eigenvalue weighted by molar-refractivity contribution is 0.0956. The molecule has 148 valence electrons. The molecule has 3 aromatic carbocycles. The van der Waals surface area contributed by atoms with Crippen LogP contribution in [0.25, 0.3) is 22.2 Å². The van der Waals surface area contributed by atoms with E-state index in [1.165, 1.54) is 6.21 Å². The number of pyridine rings is 1. The minimum atomic E-state index is -0.411. The summed E-state index contributed by atoms with van der Waals surface area (Å²) in [5.41, 5.74) is 5.26. The van der Waals surface area contributed by atoms with E-state index in [1.807, 2.05) is 24.3 Å². The lowest BCUT2D eigenvalue weighted by atomic mass is 10.0. The summed E-state index contributed by atoms with van der Waals surface area (Å²) in [5.74, 6) is -0.337. The van der Waals surface area contributed by atoms with E-state index >= 15 is 0 Å². The van der Waals surface area contributed by atoms with Crippen LogP contribution >= 0.6 is 23.2 Å². The number of amides is 1. The molecule has 0 radical (unpaired) electrons. The second kappa shape index (κ2) is 8.53. The Balaban J connectivity index is 1.72. The van der Waals surface area contributed by atoms with Crippen molar-refractivity contribution in [3.05, 3.63) is 94.0 Å². The average Bonchev–Trinajstić information content (AvgIpc) is 2.74. The van der Waals surface area contributed by atoms with Gasteiger partial charge in [-0.15, -0.1) is 0 Å². The maximum Gasteiger partial charge on any atom is 0.272 e. The Bertz CT molecular complexity index is 1290. The first-order chi connectivity index (χ1) is 14.5. The SMILES string of the molecule is O=C(NN=Cc1ccccc1O)c1cc(-c2ccc(Cl)cc2Cl)nc2ccccc12. The molecule has 4 rings (SSSR count). The van der Waals surface area contributed by atoms with Crippen molar-refractivity contribution in [1.82, 2.24) is 10.4 Å². The first-order valence-electron chi connectivity index (χ1n) is 8.99. The maximum atomic E-state index is 12.9. The number of phenolic OH excluding ortho intramolecular Hbond substituents is 1. The van der Waals surface area contributed by atoms with Gasteiger partial charge in [0.25, 0.3) is 5.91 Å². The minimum Gasteiger partial charge on any atom is -0.507 e. The topological polar surface area (TPSA) is 74.6 Å². The van der Waals surface area contributed by atoms with E-state index in [-0.39, 0.29) is 5.75 Å². The number of hydrazone groups is 1. The van der Waals surface area contributed by atoms with Gasteiger partial charge >= 0.3 is 0 Å². The Kier molecular flexibility index (Phi) is 5.65. The van der Waals surface area contributed by atoms with E-state index in [9.17, 15) is 9.90 Å². The van der Waals surface area contributed by atoms with Crippen molar-refractivity contribution < 1.29 is 9.90 Å². The highest BCUT2D eigenvalue weighted by Gasteiger charge is 2.15. The molecular weight excluding hydrogens is 421 g/mol. The van der Waals surface area contributed by atoms with Crippen LogP contribution in [0.5, 0.6) is 5.75 Å². The van der Waals surface area contributed by atoms with Crippen molar-refractivity contribution in [3.8, 4) is 17.0 Å². The number of hydrogen-bond acceptors (Lipinski definition) is 4. The Labute approximate surface area is 182 Å². The number of halogens is 2. The Morgan fingerprint density at radius 3 is 2.57 bits per heavy atom. The third-order valence-corrected chi connectivity index (χ3v) is 5.02. The molecule has 1 heterocycles. The fraction of sp³-hybridized carbons (Fsp3) is 0. The van der Waals surface area contributed by atoms with Gasteiger partial charge in [-0.1, -0.05) is 53.5 Å². The van der Waals surface area contributed by atoms with Crippen LogP contribution in [-0.4, -0.2) is 22.2 Å². The highest BCUT2D eigenvalue weighted by atomic mass is 35.5. The first-order valence-corrected chi connectivity index (χ1v) is 9.75. The maximum absolute atomic E-state index is 12.9. The molecule has 30 heavy (non-hydrogen) atoms. The number of phenols is 1. The third-order valence-electron chi connectivity index (χ3n) is 4.47. The zero-order chi connectivity index (χ0) is 21.1. The number of para-hydroxylation sites is 2. The number of benzene rings is 3. The molecule has 0 spiro atoms. The predicted molar refractivity (Wildman–Crippen MR) is 120 cm³/mol. The number of nitrogens with one attached hydrogen (secondary N) is 1. The number of nitrogens with zero attached hydrogens (tertiary/aromatic N) is 2. The van der Waals surface area contributed by atoms with E-state index in [1.54, 1.807) is 48.5 Å². The molecule has 0 aliphatic heterocycles. The van der Waals surface area contributed by atoms with Crippen molar-refractivity contribution in [2.24, 2.45) is 5.10 Å². The summed E-state index contributed by atoms with van der Waals surface area (Å²) >= 11 is 12.3. The minimum absolute atomic E-state index is 0.0736. The number of aromatic hydroxyl groups is 1. The molecule has 0 saturated carbocycles. The van der Waals surface area contributed by atoms with Crippen molar-refractivity contribution in [1.29, 1.82) is 0 Å². The van der Waals surface area contributed by atoms with Crippen LogP contribution in [0.3, 0.4) is 0 Å². The highest BCUT2D eigenvalue weighted by molar-refractivity contribution is 6.36. The van der Waals surface area contributed by atoms with E-state index in [4.69, 9.17) is 23.2 Å². The van der Waals surface area contributed by atoms with Gasteiger partial charge in [-0.25, -0.2) is 10.4 Å². The predicted octanol–water partition coefficient (Wildman–Crippen LogP) is 5.68. The highest BCUT2D eigenvalue weighted by Crippen LogP contribution is 2.31. The van der Waals surface area contributed by atoms with Gasteiger partial charge in [-0.05, 0) is 42.5 Å². The number of aromatic nitrogens is 1. The van der Waals surface area contributed by atoms with E-state index < -0.39 is 5.91 Å².